The second-order valence-corrected chi connectivity index (χ2v) is 15.0. The number of aliphatic hydroxyl groups is 2. The van der Waals surface area contributed by atoms with Gasteiger partial charge in [0.2, 0.25) is 21.8 Å². The van der Waals surface area contributed by atoms with Crippen LogP contribution in [-0.2, 0) is 30.8 Å². The summed E-state index contributed by atoms with van der Waals surface area (Å²) in [6, 6.07) is 6.39. The van der Waals surface area contributed by atoms with Gasteiger partial charge in [-0.1, -0.05) is 69.4 Å². The smallest absolute Gasteiger partial charge is 0.408 e. The predicted molar refractivity (Wildman–Crippen MR) is 173 cm³/mol. The lowest BCUT2D eigenvalue weighted by Gasteiger charge is -2.32. The molecule has 13 heteroatoms. The van der Waals surface area contributed by atoms with E-state index in [4.69, 9.17) is 4.74 Å². The number of alkyl carbamates (subject to hydrolysis) is 1. The molecule has 45 heavy (non-hydrogen) atoms. The third-order valence-electron chi connectivity index (χ3n) is 7.67. The van der Waals surface area contributed by atoms with Gasteiger partial charge in [-0.25, -0.2) is 17.9 Å². The first-order valence-electron chi connectivity index (χ1n) is 16.1. The maximum absolute atomic E-state index is 13.3. The van der Waals surface area contributed by atoms with E-state index in [9.17, 15) is 33.0 Å². The third kappa shape index (κ3) is 15.4. The number of hydrogen-bond donors (Lipinski definition) is 6. The molecular weight excluding hydrogens is 600 g/mol. The van der Waals surface area contributed by atoms with Crippen LogP contribution >= 0.6 is 0 Å². The second-order valence-electron chi connectivity index (χ2n) is 13.1. The topological polar surface area (TPSA) is 183 Å². The molecule has 0 saturated heterocycles. The van der Waals surface area contributed by atoms with E-state index in [1.54, 1.807) is 27.7 Å². The quantitative estimate of drug-likeness (QED) is 0.148. The lowest BCUT2D eigenvalue weighted by Crippen LogP contribution is -2.56. The van der Waals surface area contributed by atoms with E-state index < -0.39 is 63.9 Å². The van der Waals surface area contributed by atoms with Crippen LogP contribution in [0.4, 0.5) is 4.79 Å². The van der Waals surface area contributed by atoms with E-state index in [0.29, 0.717) is 12.8 Å². The molecule has 256 valence electrons. The zero-order chi connectivity index (χ0) is 33.6. The molecule has 0 heterocycles. The summed E-state index contributed by atoms with van der Waals surface area (Å²) in [6.45, 7) is 8.15. The minimum absolute atomic E-state index is 0.0637. The molecule has 0 aliphatic heterocycles. The zero-order valence-corrected chi connectivity index (χ0v) is 28.2. The predicted octanol–water partition coefficient (Wildman–Crippen LogP) is 2.52. The Morgan fingerprint density at radius 3 is 2.22 bits per heavy atom. The minimum atomic E-state index is -3.53. The van der Waals surface area contributed by atoms with Crippen molar-refractivity contribution in [3.63, 3.8) is 0 Å². The molecule has 0 aromatic heterocycles. The summed E-state index contributed by atoms with van der Waals surface area (Å²) in [5, 5.41) is 29.7. The average Bonchev–Trinajstić information content (AvgIpc) is 2.95. The summed E-state index contributed by atoms with van der Waals surface area (Å²) < 4.78 is 31.7. The normalized spacial score (nSPS) is 17.8. The average molecular weight is 655 g/mol. The Labute approximate surface area is 268 Å². The Balaban J connectivity index is 2.09. The highest BCUT2D eigenvalue weighted by atomic mass is 32.2. The van der Waals surface area contributed by atoms with Crippen LogP contribution < -0.4 is 20.7 Å². The van der Waals surface area contributed by atoms with Crippen molar-refractivity contribution < 1.29 is 37.8 Å². The van der Waals surface area contributed by atoms with Crippen molar-refractivity contribution in [3.05, 3.63) is 35.9 Å². The highest BCUT2D eigenvalue weighted by Gasteiger charge is 2.31. The van der Waals surface area contributed by atoms with Crippen molar-refractivity contribution in [2.75, 3.05) is 12.3 Å². The maximum Gasteiger partial charge on any atom is 0.408 e. The van der Waals surface area contributed by atoms with Crippen molar-refractivity contribution in [3.8, 4) is 0 Å². The standard InChI is InChI=1S/C32H54N4O8S/c1-6-17-45(42,43)33-21-25(37)20-28(38)26(18-23-13-9-7-10-14-23)35-29(39)22(2)34-30(40)27(19-24-15-11-8-12-16-24)36-31(41)44-32(3,4)5/h8,11-12,15-16,22-23,25-28,33,37-38H,6-7,9-10,13-14,17-21H2,1-5H3,(H,34,40)(H,35,39)(H,36,41)/t22-,25-,26-,27-,28-/m0/s1. The van der Waals surface area contributed by atoms with Crippen LogP contribution in [0, 0.1) is 5.92 Å². The molecule has 1 aliphatic rings. The Morgan fingerprint density at radius 1 is 0.978 bits per heavy atom. The molecule has 1 aromatic rings. The third-order valence-corrected chi connectivity index (χ3v) is 9.22. The summed E-state index contributed by atoms with van der Waals surface area (Å²) in [4.78, 5) is 39.2. The number of nitrogens with one attached hydrogen (secondary N) is 4. The van der Waals surface area contributed by atoms with Crippen LogP contribution in [0.25, 0.3) is 0 Å². The van der Waals surface area contributed by atoms with E-state index in [0.717, 1.165) is 37.7 Å². The number of ether oxygens (including phenoxy) is 1. The summed E-state index contributed by atoms with van der Waals surface area (Å²) >= 11 is 0. The number of sulfonamides is 1. The van der Waals surface area contributed by atoms with E-state index >= 15 is 0 Å². The van der Waals surface area contributed by atoms with Crippen LogP contribution in [0.1, 0.15) is 91.5 Å². The van der Waals surface area contributed by atoms with Crippen LogP contribution in [0.5, 0.6) is 0 Å². The molecule has 0 spiro atoms. The summed E-state index contributed by atoms with van der Waals surface area (Å²) in [5.74, 6) is -0.896. The molecule has 1 aromatic carbocycles. The Hall–Kier alpha value is -2.74. The summed E-state index contributed by atoms with van der Waals surface area (Å²) in [5.41, 5.74) is 0.0316. The Morgan fingerprint density at radius 2 is 1.62 bits per heavy atom. The molecule has 0 radical (unpaired) electrons. The first-order valence-corrected chi connectivity index (χ1v) is 17.7. The van der Waals surface area contributed by atoms with Gasteiger partial charge in [-0.2, -0.15) is 0 Å². The number of aliphatic hydroxyl groups excluding tert-OH is 2. The van der Waals surface area contributed by atoms with Crippen LogP contribution in [-0.4, -0.2) is 84.8 Å². The molecule has 0 bridgehead atoms. The van der Waals surface area contributed by atoms with Crippen molar-refractivity contribution >= 4 is 27.9 Å². The zero-order valence-electron chi connectivity index (χ0n) is 27.4. The molecule has 1 saturated carbocycles. The Bertz CT molecular complexity index is 1170. The van der Waals surface area contributed by atoms with Crippen molar-refractivity contribution in [1.82, 2.24) is 20.7 Å². The molecule has 0 unspecified atom stereocenters. The van der Waals surface area contributed by atoms with Crippen LogP contribution in [0.2, 0.25) is 0 Å². The van der Waals surface area contributed by atoms with Crippen LogP contribution in [0.3, 0.4) is 0 Å². The lowest BCUT2D eigenvalue weighted by molar-refractivity contribution is -0.130. The highest BCUT2D eigenvalue weighted by Crippen LogP contribution is 2.28. The number of carbonyl (C=O) groups excluding carboxylic acids is 3. The van der Waals surface area contributed by atoms with Gasteiger partial charge in [-0.3, -0.25) is 9.59 Å². The second kappa shape index (κ2) is 18.4. The number of amides is 3. The van der Waals surface area contributed by atoms with E-state index in [-0.39, 0.29) is 31.1 Å². The number of hydrogen-bond acceptors (Lipinski definition) is 8. The first kappa shape index (κ1) is 38.4. The molecule has 12 nitrogen and oxygen atoms in total. The van der Waals surface area contributed by atoms with Gasteiger partial charge in [0.15, 0.2) is 0 Å². The van der Waals surface area contributed by atoms with Gasteiger partial charge in [-0.05, 0) is 52.0 Å². The molecule has 2 rings (SSSR count). The minimum Gasteiger partial charge on any atom is -0.444 e. The highest BCUT2D eigenvalue weighted by molar-refractivity contribution is 7.89. The number of rotatable bonds is 17. The SMILES string of the molecule is CCCS(=O)(=O)NC[C@@H](O)C[C@H](O)[C@H](CC1CCCCC1)NC(=O)[C@H](C)NC(=O)[C@H](Cc1ccccc1)NC(=O)OC(C)(C)C. The molecule has 1 fully saturated rings. The van der Waals surface area contributed by atoms with Gasteiger partial charge < -0.3 is 30.9 Å². The monoisotopic (exact) mass is 654 g/mol. The molecule has 6 N–H and O–H groups in total. The van der Waals surface area contributed by atoms with Gasteiger partial charge in [0.05, 0.1) is 24.0 Å². The van der Waals surface area contributed by atoms with Gasteiger partial charge in [-0.15, -0.1) is 0 Å². The molecule has 3 amide bonds. The van der Waals surface area contributed by atoms with Crippen LogP contribution in [0.15, 0.2) is 30.3 Å². The molecule has 5 atom stereocenters. The first-order chi connectivity index (χ1) is 21.1. The fourth-order valence-electron chi connectivity index (χ4n) is 5.38. The number of carbonyl (C=O) groups is 3. The van der Waals surface area contributed by atoms with E-state index in [1.165, 1.54) is 6.92 Å². The van der Waals surface area contributed by atoms with Crippen molar-refractivity contribution in [1.29, 1.82) is 0 Å². The largest absolute Gasteiger partial charge is 0.444 e. The van der Waals surface area contributed by atoms with Gasteiger partial charge >= 0.3 is 6.09 Å². The maximum atomic E-state index is 13.3. The lowest BCUT2D eigenvalue weighted by atomic mass is 9.83. The molecular formula is C32H54N4O8S. The fourth-order valence-corrected chi connectivity index (χ4v) is 6.51. The Kier molecular flexibility index (Phi) is 15.7. The van der Waals surface area contributed by atoms with Crippen molar-refractivity contribution in [2.45, 2.75) is 128 Å². The summed E-state index contributed by atoms with van der Waals surface area (Å²) in [6.07, 6.45) is 3.04. The van der Waals surface area contributed by atoms with Crippen molar-refractivity contribution in [2.24, 2.45) is 5.92 Å². The molecule has 1 aliphatic carbocycles. The van der Waals surface area contributed by atoms with E-state index in [2.05, 4.69) is 20.7 Å². The van der Waals surface area contributed by atoms with E-state index in [1.807, 2.05) is 30.3 Å². The fraction of sp³-hybridized carbons (Fsp3) is 0.719. The van der Waals surface area contributed by atoms with Gasteiger partial charge in [0, 0.05) is 19.4 Å². The number of benzene rings is 1. The van der Waals surface area contributed by atoms with Gasteiger partial charge in [0.25, 0.3) is 0 Å². The summed E-state index contributed by atoms with van der Waals surface area (Å²) in [7, 11) is -3.53. The van der Waals surface area contributed by atoms with Gasteiger partial charge in [0.1, 0.15) is 17.7 Å².